The second-order valence-corrected chi connectivity index (χ2v) is 4.80. The van der Waals surface area contributed by atoms with Crippen LogP contribution in [0.4, 0.5) is 0 Å². The monoisotopic (exact) mass is 273 g/mol. The van der Waals surface area contributed by atoms with Crippen molar-refractivity contribution in [2.75, 3.05) is 11.9 Å². The second kappa shape index (κ2) is 4.22. The SMILES string of the molecule is CC1OCCC1(CBr)Cc1ncnn1C. The Morgan fingerprint density at radius 2 is 2.53 bits per heavy atom. The highest BCUT2D eigenvalue weighted by Gasteiger charge is 2.41. The minimum absolute atomic E-state index is 0.181. The van der Waals surface area contributed by atoms with Gasteiger partial charge in [-0.1, -0.05) is 15.9 Å². The molecule has 2 rings (SSSR count). The number of nitrogens with zero attached hydrogens (tertiary/aromatic N) is 3. The molecule has 1 aromatic heterocycles. The summed E-state index contributed by atoms with van der Waals surface area (Å²) in [6.07, 6.45) is 3.91. The number of aromatic nitrogens is 3. The summed E-state index contributed by atoms with van der Waals surface area (Å²) < 4.78 is 7.50. The number of alkyl halides is 1. The molecule has 0 N–H and O–H groups in total. The van der Waals surface area contributed by atoms with Crippen LogP contribution in [0, 0.1) is 5.41 Å². The number of ether oxygens (including phenoxy) is 1. The summed E-state index contributed by atoms with van der Waals surface area (Å²) in [6, 6.07) is 0. The highest BCUT2D eigenvalue weighted by atomic mass is 79.9. The quantitative estimate of drug-likeness (QED) is 0.785. The summed E-state index contributed by atoms with van der Waals surface area (Å²) in [4.78, 5) is 4.28. The zero-order valence-electron chi connectivity index (χ0n) is 9.11. The van der Waals surface area contributed by atoms with E-state index >= 15 is 0 Å². The van der Waals surface area contributed by atoms with Gasteiger partial charge in [0.05, 0.1) is 6.10 Å². The third-order valence-corrected chi connectivity index (χ3v) is 4.53. The molecule has 1 aliphatic rings. The Labute approximate surface area is 98.2 Å². The van der Waals surface area contributed by atoms with E-state index in [1.54, 1.807) is 6.33 Å². The normalized spacial score (nSPS) is 31.0. The Morgan fingerprint density at radius 3 is 3.00 bits per heavy atom. The van der Waals surface area contributed by atoms with Crippen LogP contribution in [0.1, 0.15) is 19.2 Å². The molecule has 0 spiro atoms. The lowest BCUT2D eigenvalue weighted by atomic mass is 9.80. The summed E-state index contributed by atoms with van der Waals surface area (Å²) in [5.74, 6) is 1.03. The van der Waals surface area contributed by atoms with Gasteiger partial charge in [0.1, 0.15) is 12.2 Å². The van der Waals surface area contributed by atoms with Gasteiger partial charge < -0.3 is 4.74 Å². The highest BCUT2D eigenvalue weighted by molar-refractivity contribution is 9.09. The van der Waals surface area contributed by atoms with E-state index in [9.17, 15) is 0 Å². The van der Waals surface area contributed by atoms with Crippen LogP contribution in [0.2, 0.25) is 0 Å². The van der Waals surface area contributed by atoms with Crippen LogP contribution < -0.4 is 0 Å². The van der Waals surface area contributed by atoms with Gasteiger partial charge in [-0.2, -0.15) is 5.10 Å². The first kappa shape index (κ1) is 11.1. The fourth-order valence-corrected chi connectivity index (χ4v) is 3.00. The van der Waals surface area contributed by atoms with Crippen molar-refractivity contribution in [3.8, 4) is 0 Å². The lowest BCUT2D eigenvalue weighted by Crippen LogP contribution is -2.34. The molecule has 1 aromatic rings. The Morgan fingerprint density at radius 1 is 1.73 bits per heavy atom. The van der Waals surface area contributed by atoms with Crippen molar-refractivity contribution in [1.82, 2.24) is 14.8 Å². The zero-order chi connectivity index (χ0) is 10.9. The van der Waals surface area contributed by atoms with Crippen molar-refractivity contribution < 1.29 is 4.74 Å². The molecule has 4 nitrogen and oxygen atoms in total. The maximum atomic E-state index is 5.66. The van der Waals surface area contributed by atoms with Crippen molar-refractivity contribution in [3.63, 3.8) is 0 Å². The molecule has 0 radical (unpaired) electrons. The zero-order valence-corrected chi connectivity index (χ0v) is 10.7. The van der Waals surface area contributed by atoms with Gasteiger partial charge in [0, 0.05) is 30.8 Å². The van der Waals surface area contributed by atoms with Crippen LogP contribution in [0.5, 0.6) is 0 Å². The Kier molecular flexibility index (Phi) is 3.11. The molecule has 15 heavy (non-hydrogen) atoms. The largest absolute Gasteiger partial charge is 0.378 e. The van der Waals surface area contributed by atoms with E-state index in [-0.39, 0.29) is 11.5 Å². The van der Waals surface area contributed by atoms with Crippen LogP contribution in [0.3, 0.4) is 0 Å². The number of hydrogen-bond donors (Lipinski definition) is 0. The Balaban J connectivity index is 2.18. The maximum Gasteiger partial charge on any atom is 0.138 e. The van der Waals surface area contributed by atoms with E-state index in [4.69, 9.17) is 4.74 Å². The van der Waals surface area contributed by atoms with Crippen molar-refractivity contribution in [2.45, 2.75) is 25.9 Å². The second-order valence-electron chi connectivity index (χ2n) is 4.24. The molecule has 84 valence electrons. The lowest BCUT2D eigenvalue weighted by Gasteiger charge is -2.29. The van der Waals surface area contributed by atoms with Crippen molar-refractivity contribution in [1.29, 1.82) is 0 Å². The Hall–Kier alpha value is -0.420. The van der Waals surface area contributed by atoms with Gasteiger partial charge in [-0.25, -0.2) is 4.98 Å². The molecule has 2 heterocycles. The van der Waals surface area contributed by atoms with Crippen molar-refractivity contribution in [3.05, 3.63) is 12.2 Å². The molecule has 0 aliphatic carbocycles. The third-order valence-electron chi connectivity index (χ3n) is 3.41. The molecule has 1 aliphatic heterocycles. The average molecular weight is 274 g/mol. The summed E-state index contributed by atoms with van der Waals surface area (Å²) in [6.45, 7) is 3.00. The topological polar surface area (TPSA) is 39.9 Å². The first-order valence-electron chi connectivity index (χ1n) is 5.18. The molecule has 1 saturated heterocycles. The van der Waals surface area contributed by atoms with Crippen LogP contribution >= 0.6 is 15.9 Å². The highest BCUT2D eigenvalue weighted by Crippen LogP contribution is 2.39. The molecule has 0 bridgehead atoms. The van der Waals surface area contributed by atoms with Crippen molar-refractivity contribution >= 4 is 15.9 Å². The standard InChI is InChI=1S/C10H16BrN3O/c1-8-10(6-11,3-4-15-8)5-9-12-7-13-14(9)2/h7-8H,3-6H2,1-2H3. The number of hydrogen-bond acceptors (Lipinski definition) is 3. The van der Waals surface area contributed by atoms with E-state index < -0.39 is 0 Å². The van der Waals surface area contributed by atoms with Crippen LogP contribution in [0.25, 0.3) is 0 Å². The fraction of sp³-hybridized carbons (Fsp3) is 0.800. The van der Waals surface area contributed by atoms with Crippen molar-refractivity contribution in [2.24, 2.45) is 12.5 Å². The van der Waals surface area contributed by atoms with E-state index in [0.717, 1.165) is 30.6 Å². The maximum absolute atomic E-state index is 5.66. The van der Waals surface area contributed by atoms with E-state index in [1.807, 2.05) is 11.7 Å². The molecule has 0 saturated carbocycles. The summed E-state index contributed by atoms with van der Waals surface area (Å²) in [5.41, 5.74) is 0.181. The molecule has 0 aromatic carbocycles. The van der Waals surface area contributed by atoms with Gasteiger partial charge >= 0.3 is 0 Å². The number of halogens is 1. The fourth-order valence-electron chi connectivity index (χ4n) is 2.07. The van der Waals surface area contributed by atoms with E-state index in [1.165, 1.54) is 0 Å². The van der Waals surface area contributed by atoms with Gasteiger partial charge in [-0.15, -0.1) is 0 Å². The predicted octanol–water partition coefficient (Wildman–Crippen LogP) is 1.55. The summed E-state index contributed by atoms with van der Waals surface area (Å²) in [7, 11) is 1.94. The minimum atomic E-state index is 0.181. The van der Waals surface area contributed by atoms with Crippen LogP contribution in [-0.2, 0) is 18.2 Å². The smallest absolute Gasteiger partial charge is 0.138 e. The third kappa shape index (κ3) is 1.95. The molecule has 0 amide bonds. The van der Waals surface area contributed by atoms with Gasteiger partial charge in [0.15, 0.2) is 0 Å². The van der Waals surface area contributed by atoms with Gasteiger partial charge in [-0.05, 0) is 13.3 Å². The number of aryl methyl sites for hydroxylation is 1. The van der Waals surface area contributed by atoms with E-state index in [2.05, 4.69) is 32.9 Å². The molecule has 2 unspecified atom stereocenters. The molecule has 2 atom stereocenters. The van der Waals surface area contributed by atoms with Crippen LogP contribution in [0.15, 0.2) is 6.33 Å². The minimum Gasteiger partial charge on any atom is -0.378 e. The summed E-state index contributed by atoms with van der Waals surface area (Å²) in [5, 5.41) is 5.05. The molecular weight excluding hydrogens is 258 g/mol. The average Bonchev–Trinajstić information content (AvgIpc) is 2.77. The summed E-state index contributed by atoms with van der Waals surface area (Å²) >= 11 is 3.61. The lowest BCUT2D eigenvalue weighted by molar-refractivity contribution is 0.0734. The number of rotatable bonds is 3. The predicted molar refractivity (Wildman–Crippen MR) is 61.0 cm³/mol. The molecule has 1 fully saturated rings. The van der Waals surface area contributed by atoms with Gasteiger partial charge in [0.2, 0.25) is 0 Å². The molecule has 5 heteroatoms. The van der Waals surface area contributed by atoms with Gasteiger partial charge in [0.25, 0.3) is 0 Å². The Bertz CT molecular complexity index is 341. The van der Waals surface area contributed by atoms with E-state index in [0.29, 0.717) is 0 Å². The van der Waals surface area contributed by atoms with Crippen LogP contribution in [-0.4, -0.2) is 32.8 Å². The first-order chi connectivity index (χ1) is 7.18. The first-order valence-corrected chi connectivity index (χ1v) is 6.30. The molecular formula is C10H16BrN3O. The van der Waals surface area contributed by atoms with Gasteiger partial charge in [-0.3, -0.25) is 4.68 Å².